The van der Waals surface area contributed by atoms with Crippen molar-refractivity contribution in [1.29, 1.82) is 0 Å². The first-order valence-electron chi connectivity index (χ1n) is 17.4. The molecule has 2 heterocycles. The van der Waals surface area contributed by atoms with E-state index in [0.717, 1.165) is 39.5 Å². The standard InChI is InChI=1S/C48H32N2S/c1-48(41-26-10-7-20-35(41)36-21-8-11-27-42(36)48)33-18-13-17-32(29-33)34-19-5-6-22-37(34)43-30-44(50-47(49-43)31-15-3-2-4-16-31)40-25-14-24-39-38-23-9-12-28-45(38)51-46(39)40/h2-30H,1H3. The Kier molecular flexibility index (Phi) is 6.83. The van der Waals surface area contributed by atoms with Crippen LogP contribution in [-0.4, -0.2) is 9.97 Å². The highest BCUT2D eigenvalue weighted by Gasteiger charge is 2.40. The maximum absolute atomic E-state index is 5.27. The molecule has 0 amide bonds. The van der Waals surface area contributed by atoms with Crippen molar-refractivity contribution in [2.75, 3.05) is 0 Å². The fraction of sp³-hybridized carbons (Fsp3) is 0.0417. The van der Waals surface area contributed by atoms with Crippen molar-refractivity contribution in [3.63, 3.8) is 0 Å². The van der Waals surface area contributed by atoms with E-state index in [4.69, 9.17) is 9.97 Å². The molecule has 10 rings (SSSR count). The molecule has 2 aromatic heterocycles. The molecule has 0 atom stereocenters. The van der Waals surface area contributed by atoms with E-state index in [0.29, 0.717) is 0 Å². The van der Waals surface area contributed by atoms with Crippen LogP contribution in [0.15, 0.2) is 176 Å². The Hall–Kier alpha value is -6.16. The Bertz CT molecular complexity index is 2730. The molecule has 0 radical (unpaired) electrons. The van der Waals surface area contributed by atoms with Crippen LogP contribution in [0.1, 0.15) is 23.6 Å². The minimum atomic E-state index is -0.274. The lowest BCUT2D eigenvalue weighted by Gasteiger charge is -2.29. The van der Waals surface area contributed by atoms with Gasteiger partial charge in [-0.3, -0.25) is 0 Å². The molecule has 0 unspecified atom stereocenters. The van der Waals surface area contributed by atoms with Crippen molar-refractivity contribution in [2.45, 2.75) is 12.3 Å². The van der Waals surface area contributed by atoms with Gasteiger partial charge in [0.15, 0.2) is 5.82 Å². The Morgan fingerprint density at radius 3 is 1.75 bits per heavy atom. The number of hydrogen-bond donors (Lipinski definition) is 0. The average molecular weight is 669 g/mol. The topological polar surface area (TPSA) is 25.8 Å². The largest absolute Gasteiger partial charge is 0.228 e. The summed E-state index contributed by atoms with van der Waals surface area (Å²) < 4.78 is 2.53. The second kappa shape index (κ2) is 11.7. The number of aromatic nitrogens is 2. The summed E-state index contributed by atoms with van der Waals surface area (Å²) >= 11 is 1.83. The Balaban J connectivity index is 1.16. The molecule has 9 aromatic rings. The fourth-order valence-corrected chi connectivity index (χ4v) is 9.33. The van der Waals surface area contributed by atoms with E-state index in [2.05, 4.69) is 177 Å². The van der Waals surface area contributed by atoms with Crippen molar-refractivity contribution < 1.29 is 0 Å². The maximum atomic E-state index is 5.27. The van der Waals surface area contributed by atoms with Crippen molar-refractivity contribution in [1.82, 2.24) is 9.97 Å². The van der Waals surface area contributed by atoms with Crippen LogP contribution in [0.25, 0.3) is 76.3 Å². The number of fused-ring (bicyclic) bond motifs is 6. The van der Waals surface area contributed by atoms with E-state index < -0.39 is 0 Å². The number of hydrogen-bond acceptors (Lipinski definition) is 3. The zero-order valence-electron chi connectivity index (χ0n) is 28.0. The zero-order chi connectivity index (χ0) is 33.9. The third-order valence-electron chi connectivity index (χ3n) is 10.6. The van der Waals surface area contributed by atoms with E-state index in [1.165, 1.54) is 53.6 Å². The van der Waals surface area contributed by atoms with Gasteiger partial charge in [-0.2, -0.15) is 0 Å². The first kappa shape index (κ1) is 29.7. The third-order valence-corrected chi connectivity index (χ3v) is 11.8. The zero-order valence-corrected chi connectivity index (χ0v) is 28.9. The smallest absolute Gasteiger partial charge is 0.160 e. The molecule has 0 bridgehead atoms. The lowest BCUT2D eigenvalue weighted by Crippen LogP contribution is -2.22. The van der Waals surface area contributed by atoms with Crippen LogP contribution in [0.3, 0.4) is 0 Å². The van der Waals surface area contributed by atoms with Gasteiger partial charge in [-0.1, -0.05) is 158 Å². The highest BCUT2D eigenvalue weighted by molar-refractivity contribution is 7.26. The SMILES string of the molecule is CC1(c2cccc(-c3ccccc3-c3cc(-c4cccc5c4sc4ccccc45)nc(-c4ccccc4)n3)c2)c2ccccc2-c2ccccc21. The van der Waals surface area contributed by atoms with Crippen LogP contribution >= 0.6 is 11.3 Å². The highest BCUT2D eigenvalue weighted by Crippen LogP contribution is 2.52. The molecule has 2 nitrogen and oxygen atoms in total. The molecule has 0 fully saturated rings. The van der Waals surface area contributed by atoms with Gasteiger partial charge in [0.1, 0.15) is 0 Å². The molecule has 7 aromatic carbocycles. The molecule has 51 heavy (non-hydrogen) atoms. The quantitative estimate of drug-likeness (QED) is 0.182. The van der Waals surface area contributed by atoms with Gasteiger partial charge in [-0.05, 0) is 64.1 Å². The predicted molar refractivity (Wildman–Crippen MR) is 214 cm³/mol. The number of nitrogens with zero attached hydrogens (tertiary/aromatic N) is 2. The summed E-state index contributed by atoms with van der Waals surface area (Å²) in [4.78, 5) is 10.5. The van der Waals surface area contributed by atoms with Crippen molar-refractivity contribution in [2.24, 2.45) is 0 Å². The first-order valence-corrected chi connectivity index (χ1v) is 18.2. The molecule has 0 spiro atoms. The molecule has 0 N–H and O–H groups in total. The minimum Gasteiger partial charge on any atom is -0.228 e. The summed E-state index contributed by atoms with van der Waals surface area (Å²) in [5, 5.41) is 2.54. The average Bonchev–Trinajstić information content (AvgIpc) is 3.72. The van der Waals surface area contributed by atoms with Crippen LogP contribution in [-0.2, 0) is 5.41 Å². The molecular weight excluding hydrogens is 637 g/mol. The maximum Gasteiger partial charge on any atom is 0.160 e. The summed E-state index contributed by atoms with van der Waals surface area (Å²) in [5.74, 6) is 0.719. The van der Waals surface area contributed by atoms with E-state index >= 15 is 0 Å². The van der Waals surface area contributed by atoms with Crippen LogP contribution in [0.5, 0.6) is 0 Å². The van der Waals surface area contributed by atoms with E-state index in [9.17, 15) is 0 Å². The summed E-state index contributed by atoms with van der Waals surface area (Å²) in [7, 11) is 0. The number of thiophene rings is 1. The molecule has 240 valence electrons. The Labute approximate surface area is 301 Å². The minimum absolute atomic E-state index is 0.274. The van der Waals surface area contributed by atoms with Crippen LogP contribution in [0.2, 0.25) is 0 Å². The summed E-state index contributed by atoms with van der Waals surface area (Å²) in [6.45, 7) is 2.38. The van der Waals surface area contributed by atoms with Crippen molar-refractivity contribution >= 4 is 31.5 Å². The fourth-order valence-electron chi connectivity index (χ4n) is 8.11. The van der Waals surface area contributed by atoms with Gasteiger partial charge in [0, 0.05) is 42.3 Å². The van der Waals surface area contributed by atoms with Gasteiger partial charge in [-0.25, -0.2) is 9.97 Å². The molecule has 0 aliphatic heterocycles. The summed E-state index contributed by atoms with van der Waals surface area (Å²) in [6.07, 6.45) is 0. The number of rotatable bonds is 5. The molecular formula is C48H32N2S. The monoisotopic (exact) mass is 668 g/mol. The molecule has 3 heteroatoms. The molecule has 1 aliphatic carbocycles. The van der Waals surface area contributed by atoms with E-state index in [-0.39, 0.29) is 5.41 Å². The van der Waals surface area contributed by atoms with Gasteiger partial charge in [0.05, 0.1) is 11.4 Å². The number of benzene rings is 7. The summed E-state index contributed by atoms with van der Waals surface area (Å²) in [5.41, 5.74) is 13.7. The normalized spacial score (nSPS) is 13.0. The van der Waals surface area contributed by atoms with Gasteiger partial charge in [0.25, 0.3) is 0 Å². The lowest BCUT2D eigenvalue weighted by molar-refractivity contribution is 0.714. The van der Waals surface area contributed by atoms with Gasteiger partial charge in [-0.15, -0.1) is 11.3 Å². The van der Waals surface area contributed by atoms with E-state index in [1.807, 2.05) is 17.4 Å². The molecule has 1 aliphatic rings. The summed E-state index contributed by atoms with van der Waals surface area (Å²) in [6, 6.07) is 63.3. The third kappa shape index (κ3) is 4.70. The second-order valence-corrected chi connectivity index (χ2v) is 14.5. The van der Waals surface area contributed by atoms with Crippen LogP contribution in [0, 0.1) is 0 Å². The van der Waals surface area contributed by atoms with Crippen molar-refractivity contribution in [3.8, 4) is 56.2 Å². The predicted octanol–water partition coefficient (Wildman–Crippen LogP) is 12.8. The Morgan fingerprint density at radius 2 is 0.980 bits per heavy atom. The Morgan fingerprint density at radius 1 is 0.431 bits per heavy atom. The van der Waals surface area contributed by atoms with Gasteiger partial charge < -0.3 is 0 Å². The van der Waals surface area contributed by atoms with Crippen LogP contribution < -0.4 is 0 Å². The lowest BCUT2D eigenvalue weighted by atomic mass is 9.73. The molecule has 0 saturated heterocycles. The van der Waals surface area contributed by atoms with E-state index in [1.54, 1.807) is 0 Å². The molecule has 0 saturated carbocycles. The second-order valence-electron chi connectivity index (χ2n) is 13.5. The van der Waals surface area contributed by atoms with Crippen LogP contribution in [0.4, 0.5) is 0 Å². The van der Waals surface area contributed by atoms with Gasteiger partial charge in [0.2, 0.25) is 0 Å². The van der Waals surface area contributed by atoms with Crippen molar-refractivity contribution in [3.05, 3.63) is 193 Å². The first-order chi connectivity index (χ1) is 25.2. The van der Waals surface area contributed by atoms with Gasteiger partial charge >= 0.3 is 0 Å². The highest BCUT2D eigenvalue weighted by atomic mass is 32.1.